The van der Waals surface area contributed by atoms with Gasteiger partial charge in [-0.1, -0.05) is 18.2 Å². The number of amides is 1. The number of hydrogen-bond acceptors (Lipinski definition) is 6. The molecule has 9 heteroatoms. The molecule has 0 radical (unpaired) electrons. The molecule has 0 fully saturated rings. The number of benzene rings is 2. The molecule has 1 amide bonds. The quantitative estimate of drug-likeness (QED) is 0.480. The lowest BCUT2D eigenvalue weighted by Gasteiger charge is -2.24. The summed E-state index contributed by atoms with van der Waals surface area (Å²) in [5.74, 6) is -0.428. The Labute approximate surface area is 183 Å². The van der Waals surface area contributed by atoms with Crippen LogP contribution in [0.4, 0.5) is 14.5 Å². The van der Waals surface area contributed by atoms with Gasteiger partial charge in [-0.2, -0.15) is 8.78 Å². The highest BCUT2D eigenvalue weighted by Gasteiger charge is 2.24. The molecule has 3 rings (SSSR count). The van der Waals surface area contributed by atoms with Gasteiger partial charge in [-0.25, -0.2) is 0 Å². The van der Waals surface area contributed by atoms with E-state index in [2.05, 4.69) is 10.1 Å². The number of carbonyl (C=O) groups excluding carboxylic acids is 2. The van der Waals surface area contributed by atoms with Gasteiger partial charge in [0.2, 0.25) is 5.91 Å². The Balaban J connectivity index is 1.75. The van der Waals surface area contributed by atoms with Crippen molar-refractivity contribution in [2.45, 2.75) is 33.0 Å². The molecule has 0 aliphatic heterocycles. The van der Waals surface area contributed by atoms with Gasteiger partial charge in [-0.05, 0) is 43.8 Å². The fourth-order valence-corrected chi connectivity index (χ4v) is 3.27. The van der Waals surface area contributed by atoms with Crippen LogP contribution in [0.2, 0.25) is 0 Å². The van der Waals surface area contributed by atoms with Gasteiger partial charge in [-0.15, -0.1) is 0 Å². The Bertz CT molecular complexity index is 1130. The third-order valence-corrected chi connectivity index (χ3v) is 5.08. The Morgan fingerprint density at radius 1 is 1.16 bits per heavy atom. The molecule has 1 N–H and O–H groups in total. The Hall–Kier alpha value is -3.46. The number of likely N-dealkylation sites (N-methyl/N-ethyl adjacent to an activating group) is 1. The Kier molecular flexibility index (Phi) is 7.09. The van der Waals surface area contributed by atoms with Crippen LogP contribution in [0.15, 0.2) is 46.9 Å². The van der Waals surface area contributed by atoms with Crippen LogP contribution in [0.5, 0.6) is 11.5 Å². The molecule has 0 bridgehead atoms. The second-order valence-electron chi connectivity index (χ2n) is 7.30. The van der Waals surface area contributed by atoms with E-state index in [4.69, 9.17) is 9.15 Å². The van der Waals surface area contributed by atoms with E-state index in [9.17, 15) is 18.4 Å². The van der Waals surface area contributed by atoms with Crippen molar-refractivity contribution in [2.24, 2.45) is 0 Å². The topological polar surface area (TPSA) is 81.0 Å². The lowest BCUT2D eigenvalue weighted by Crippen LogP contribution is -2.39. The van der Waals surface area contributed by atoms with E-state index in [0.29, 0.717) is 23.2 Å². The molecule has 32 heavy (non-hydrogen) atoms. The monoisotopic (exact) mass is 446 g/mol. The van der Waals surface area contributed by atoms with Gasteiger partial charge in [-0.3, -0.25) is 14.5 Å². The summed E-state index contributed by atoms with van der Waals surface area (Å²) in [4.78, 5) is 26.7. The number of nitrogens with one attached hydrogen (secondary N) is 1. The van der Waals surface area contributed by atoms with Crippen LogP contribution in [-0.4, -0.2) is 43.4 Å². The van der Waals surface area contributed by atoms with Crippen LogP contribution in [0.3, 0.4) is 0 Å². The fraction of sp³-hybridized carbons (Fsp3) is 0.304. The standard InChI is InChI=1S/C23H24F2N2O5/c1-13(27(3)12-15-9-10-18(32-23(24)25)19(11-15)30-4)22(29)26-20-16-7-5-6-8-17(16)31-21(20)14(2)28/h5-11,13,23H,12H2,1-4H3,(H,26,29). The number of carbonyl (C=O) groups is 2. The zero-order valence-electron chi connectivity index (χ0n) is 18.1. The molecule has 0 saturated carbocycles. The number of alkyl halides is 2. The van der Waals surface area contributed by atoms with E-state index in [-0.39, 0.29) is 28.9 Å². The lowest BCUT2D eigenvalue weighted by atomic mass is 10.1. The van der Waals surface area contributed by atoms with E-state index in [1.54, 1.807) is 55.3 Å². The predicted molar refractivity (Wildman–Crippen MR) is 115 cm³/mol. The number of fused-ring (bicyclic) bond motifs is 1. The van der Waals surface area contributed by atoms with Crippen LogP contribution < -0.4 is 14.8 Å². The molecule has 1 aromatic heterocycles. The van der Waals surface area contributed by atoms with E-state index >= 15 is 0 Å². The number of furan rings is 1. The minimum Gasteiger partial charge on any atom is -0.493 e. The lowest BCUT2D eigenvalue weighted by molar-refractivity contribution is -0.120. The smallest absolute Gasteiger partial charge is 0.387 e. The molecule has 3 aromatic rings. The average molecular weight is 446 g/mol. The zero-order valence-corrected chi connectivity index (χ0v) is 18.1. The minimum atomic E-state index is -2.96. The first-order valence-corrected chi connectivity index (χ1v) is 9.86. The van der Waals surface area contributed by atoms with Crippen LogP contribution in [0, 0.1) is 0 Å². The molecule has 170 valence electrons. The van der Waals surface area contributed by atoms with E-state index in [1.807, 2.05) is 0 Å². The van der Waals surface area contributed by atoms with E-state index in [1.165, 1.54) is 20.1 Å². The number of halogens is 2. The number of ketones is 1. The summed E-state index contributed by atoms with van der Waals surface area (Å²) in [5.41, 5.74) is 1.59. The molecule has 2 aromatic carbocycles. The predicted octanol–water partition coefficient (Wildman–Crippen LogP) is 4.70. The van der Waals surface area contributed by atoms with Crippen molar-refractivity contribution in [1.82, 2.24) is 4.90 Å². The summed E-state index contributed by atoms with van der Waals surface area (Å²) in [6.07, 6.45) is 0. The molecule has 7 nitrogen and oxygen atoms in total. The van der Waals surface area contributed by atoms with Crippen LogP contribution in [0.25, 0.3) is 11.0 Å². The van der Waals surface area contributed by atoms with Crippen LogP contribution in [-0.2, 0) is 11.3 Å². The third-order valence-electron chi connectivity index (χ3n) is 5.08. The molecular formula is C23H24F2N2O5. The average Bonchev–Trinajstić information content (AvgIpc) is 3.12. The number of hydrogen-bond donors (Lipinski definition) is 1. The highest BCUT2D eigenvalue weighted by atomic mass is 19.3. The normalized spacial score (nSPS) is 12.2. The number of methoxy groups -OCH3 is 1. The van der Waals surface area contributed by atoms with Gasteiger partial charge < -0.3 is 19.2 Å². The van der Waals surface area contributed by atoms with Crippen molar-refractivity contribution in [3.63, 3.8) is 0 Å². The van der Waals surface area contributed by atoms with Gasteiger partial charge in [0, 0.05) is 18.9 Å². The van der Waals surface area contributed by atoms with Gasteiger partial charge >= 0.3 is 6.61 Å². The van der Waals surface area contributed by atoms with Gasteiger partial charge in [0.1, 0.15) is 5.58 Å². The summed E-state index contributed by atoms with van der Waals surface area (Å²) in [6, 6.07) is 11.1. The third kappa shape index (κ3) is 5.05. The Morgan fingerprint density at radius 3 is 2.53 bits per heavy atom. The summed E-state index contributed by atoms with van der Waals surface area (Å²) in [5, 5.41) is 3.45. The molecule has 0 aliphatic carbocycles. The molecule has 1 atom stereocenters. The number of Topliss-reactive ketones (excluding diaryl/α,β-unsaturated/α-hetero) is 1. The molecular weight excluding hydrogens is 422 g/mol. The minimum absolute atomic E-state index is 0.0664. The fourth-order valence-electron chi connectivity index (χ4n) is 3.27. The largest absolute Gasteiger partial charge is 0.493 e. The first-order valence-electron chi connectivity index (χ1n) is 9.86. The maximum absolute atomic E-state index is 12.9. The molecule has 1 unspecified atom stereocenters. The van der Waals surface area contributed by atoms with Gasteiger partial charge in [0.05, 0.1) is 18.8 Å². The van der Waals surface area contributed by atoms with Crippen molar-refractivity contribution in [3.05, 3.63) is 53.8 Å². The van der Waals surface area contributed by atoms with Crippen molar-refractivity contribution < 1.29 is 32.3 Å². The first kappa shape index (κ1) is 23.2. The molecule has 1 heterocycles. The number of nitrogens with zero attached hydrogens (tertiary/aromatic N) is 1. The van der Waals surface area contributed by atoms with Gasteiger partial charge in [0.25, 0.3) is 0 Å². The van der Waals surface area contributed by atoms with Crippen molar-refractivity contribution in [2.75, 3.05) is 19.5 Å². The van der Waals surface area contributed by atoms with Gasteiger partial charge in [0.15, 0.2) is 23.0 Å². The number of para-hydroxylation sites is 1. The van der Waals surface area contributed by atoms with Crippen LogP contribution >= 0.6 is 0 Å². The summed E-state index contributed by atoms with van der Waals surface area (Å²) < 4.78 is 40.2. The second-order valence-corrected chi connectivity index (χ2v) is 7.30. The van der Waals surface area contributed by atoms with Crippen molar-refractivity contribution in [3.8, 4) is 11.5 Å². The number of anilines is 1. The van der Waals surface area contributed by atoms with E-state index in [0.717, 1.165) is 5.56 Å². The summed E-state index contributed by atoms with van der Waals surface area (Å²) in [7, 11) is 3.11. The van der Waals surface area contributed by atoms with E-state index < -0.39 is 12.7 Å². The second kappa shape index (κ2) is 9.78. The first-order chi connectivity index (χ1) is 15.2. The summed E-state index contributed by atoms with van der Waals surface area (Å²) in [6.45, 7) is 0.472. The maximum atomic E-state index is 12.9. The number of rotatable bonds is 9. The number of ether oxygens (including phenoxy) is 2. The van der Waals surface area contributed by atoms with Crippen molar-refractivity contribution in [1.29, 1.82) is 0 Å². The molecule has 0 aliphatic rings. The Morgan fingerprint density at radius 2 is 1.88 bits per heavy atom. The molecule has 0 spiro atoms. The highest BCUT2D eigenvalue weighted by Crippen LogP contribution is 2.32. The maximum Gasteiger partial charge on any atom is 0.387 e. The highest BCUT2D eigenvalue weighted by molar-refractivity contribution is 6.11. The SMILES string of the molecule is COc1cc(CN(C)C(C)C(=O)Nc2c(C(C)=O)oc3ccccc23)ccc1OC(F)F. The van der Waals surface area contributed by atoms with Crippen molar-refractivity contribution >= 4 is 28.3 Å². The van der Waals surface area contributed by atoms with Crippen LogP contribution in [0.1, 0.15) is 30.0 Å². The molecule has 0 saturated heterocycles. The summed E-state index contributed by atoms with van der Waals surface area (Å²) >= 11 is 0. The zero-order chi connectivity index (χ0) is 23.4.